The molecule has 1 aliphatic carbocycles. The van der Waals surface area contributed by atoms with Crippen LogP contribution in [0.15, 0.2) is 24.3 Å². The summed E-state index contributed by atoms with van der Waals surface area (Å²) in [6.07, 6.45) is 1.24. The Bertz CT molecular complexity index is 326. The lowest BCUT2D eigenvalue weighted by atomic mass is 10.1. The topological polar surface area (TPSA) is 37.3 Å². The highest BCUT2D eigenvalue weighted by Gasteiger charge is 2.33. The van der Waals surface area contributed by atoms with Crippen LogP contribution in [0.4, 0.5) is 0 Å². The summed E-state index contributed by atoms with van der Waals surface area (Å²) >= 11 is 0. The number of carbonyl (C=O) groups is 1. The van der Waals surface area contributed by atoms with Gasteiger partial charge in [-0.25, -0.2) is 4.79 Å². The van der Waals surface area contributed by atoms with Crippen molar-refractivity contribution in [2.75, 3.05) is 0 Å². The minimum Gasteiger partial charge on any atom is -0.478 e. The molecule has 1 aromatic rings. The molecule has 1 N–H and O–H groups in total. The third-order valence-corrected chi connectivity index (χ3v) is 2.70. The fourth-order valence-corrected chi connectivity index (χ4v) is 1.66. The second kappa shape index (κ2) is 2.87. The van der Waals surface area contributed by atoms with Crippen molar-refractivity contribution in [3.63, 3.8) is 0 Å². The smallest absolute Gasteiger partial charge is 0.335 e. The summed E-state index contributed by atoms with van der Waals surface area (Å²) in [6.45, 7) is 2.22. The molecule has 0 aliphatic heterocycles. The maximum atomic E-state index is 10.6. The van der Waals surface area contributed by atoms with Crippen LogP contribution in [0.1, 0.15) is 35.2 Å². The molecule has 1 aliphatic rings. The Balaban J connectivity index is 2.19. The van der Waals surface area contributed by atoms with Crippen LogP contribution in [0.3, 0.4) is 0 Å². The van der Waals surface area contributed by atoms with Crippen LogP contribution in [0, 0.1) is 5.92 Å². The maximum absolute atomic E-state index is 10.6. The van der Waals surface area contributed by atoms with Crippen molar-refractivity contribution in [3.8, 4) is 0 Å². The summed E-state index contributed by atoms with van der Waals surface area (Å²) in [5.74, 6) is 0.592. The molecule has 0 heterocycles. The largest absolute Gasteiger partial charge is 0.478 e. The van der Waals surface area contributed by atoms with Gasteiger partial charge in [-0.1, -0.05) is 19.1 Å². The van der Waals surface area contributed by atoms with Crippen LogP contribution < -0.4 is 0 Å². The summed E-state index contributed by atoms with van der Waals surface area (Å²) in [6, 6.07) is 7.22. The highest BCUT2D eigenvalue weighted by molar-refractivity contribution is 5.87. The Labute approximate surface area is 77.2 Å². The van der Waals surface area contributed by atoms with E-state index in [1.165, 1.54) is 12.0 Å². The minimum absolute atomic E-state index is 0.372. The van der Waals surface area contributed by atoms with E-state index >= 15 is 0 Å². The predicted molar refractivity (Wildman–Crippen MR) is 49.9 cm³/mol. The first-order valence-electron chi connectivity index (χ1n) is 4.51. The normalized spacial score (nSPS) is 25.6. The Kier molecular flexibility index (Phi) is 1.83. The monoisotopic (exact) mass is 176 g/mol. The number of aromatic carboxylic acids is 1. The van der Waals surface area contributed by atoms with Gasteiger partial charge in [0.1, 0.15) is 0 Å². The molecule has 2 nitrogen and oxygen atoms in total. The average molecular weight is 176 g/mol. The first-order chi connectivity index (χ1) is 6.18. The summed E-state index contributed by atoms with van der Waals surface area (Å²) in [4.78, 5) is 10.6. The standard InChI is InChI=1S/C11H12O2/c1-7-6-10(7)8-2-4-9(5-3-8)11(12)13/h2-5,7,10H,6H2,1H3,(H,12,13). The zero-order valence-electron chi connectivity index (χ0n) is 7.53. The molecule has 2 unspecified atom stereocenters. The van der Waals surface area contributed by atoms with Crippen molar-refractivity contribution in [1.82, 2.24) is 0 Å². The van der Waals surface area contributed by atoms with Gasteiger partial charge in [-0.2, -0.15) is 0 Å². The quantitative estimate of drug-likeness (QED) is 0.751. The molecule has 1 fully saturated rings. The summed E-state index contributed by atoms with van der Waals surface area (Å²) in [5, 5.41) is 8.68. The molecule has 13 heavy (non-hydrogen) atoms. The maximum Gasteiger partial charge on any atom is 0.335 e. The van der Waals surface area contributed by atoms with Gasteiger partial charge in [-0.3, -0.25) is 0 Å². The molecule has 1 aromatic carbocycles. The van der Waals surface area contributed by atoms with Crippen LogP contribution in [0.25, 0.3) is 0 Å². The van der Waals surface area contributed by atoms with E-state index in [2.05, 4.69) is 6.92 Å². The molecule has 2 heteroatoms. The zero-order valence-corrected chi connectivity index (χ0v) is 7.53. The van der Waals surface area contributed by atoms with E-state index in [0.29, 0.717) is 11.5 Å². The van der Waals surface area contributed by atoms with E-state index in [9.17, 15) is 4.79 Å². The molecule has 1 saturated carbocycles. The van der Waals surface area contributed by atoms with Gasteiger partial charge < -0.3 is 5.11 Å². The lowest BCUT2D eigenvalue weighted by molar-refractivity contribution is 0.0697. The van der Waals surface area contributed by atoms with Crippen molar-refractivity contribution in [3.05, 3.63) is 35.4 Å². The van der Waals surface area contributed by atoms with Gasteiger partial charge in [-0.05, 0) is 36.0 Å². The SMILES string of the molecule is CC1CC1c1ccc(C(=O)O)cc1. The van der Waals surface area contributed by atoms with Gasteiger partial charge in [0, 0.05) is 0 Å². The molecule has 0 aromatic heterocycles. The van der Waals surface area contributed by atoms with Crippen LogP contribution in [-0.2, 0) is 0 Å². The molecule has 0 radical (unpaired) electrons. The molecule has 0 amide bonds. The minimum atomic E-state index is -0.851. The zero-order chi connectivity index (χ0) is 9.42. The Morgan fingerprint density at radius 1 is 1.38 bits per heavy atom. The Morgan fingerprint density at radius 2 is 1.92 bits per heavy atom. The Morgan fingerprint density at radius 3 is 2.31 bits per heavy atom. The molecule has 0 bridgehead atoms. The van der Waals surface area contributed by atoms with E-state index in [1.54, 1.807) is 12.1 Å². The van der Waals surface area contributed by atoms with Gasteiger partial charge in [0.05, 0.1) is 5.56 Å². The number of carboxylic acids is 1. The summed E-state index contributed by atoms with van der Waals surface area (Å²) < 4.78 is 0. The third-order valence-electron chi connectivity index (χ3n) is 2.70. The van der Waals surface area contributed by atoms with Gasteiger partial charge in [0.25, 0.3) is 0 Å². The molecular formula is C11H12O2. The summed E-state index contributed by atoms with van der Waals surface area (Å²) in [5.41, 5.74) is 1.65. The molecule has 0 saturated heterocycles. The van der Waals surface area contributed by atoms with Crippen molar-refractivity contribution in [2.24, 2.45) is 5.92 Å². The number of hydrogen-bond acceptors (Lipinski definition) is 1. The van der Waals surface area contributed by atoms with Crippen molar-refractivity contribution < 1.29 is 9.90 Å². The third kappa shape index (κ3) is 1.57. The first-order valence-corrected chi connectivity index (χ1v) is 4.51. The highest BCUT2D eigenvalue weighted by Crippen LogP contribution is 2.46. The van der Waals surface area contributed by atoms with Gasteiger partial charge in [0.2, 0.25) is 0 Å². The molecular weight excluding hydrogens is 164 g/mol. The fourth-order valence-electron chi connectivity index (χ4n) is 1.66. The average Bonchev–Trinajstić information content (AvgIpc) is 2.83. The number of rotatable bonds is 2. The van der Waals surface area contributed by atoms with Crippen molar-refractivity contribution >= 4 is 5.97 Å². The van der Waals surface area contributed by atoms with Gasteiger partial charge in [0.15, 0.2) is 0 Å². The summed E-state index contributed by atoms with van der Waals surface area (Å²) in [7, 11) is 0. The van der Waals surface area contributed by atoms with E-state index in [1.807, 2.05) is 12.1 Å². The van der Waals surface area contributed by atoms with Crippen LogP contribution in [-0.4, -0.2) is 11.1 Å². The lowest BCUT2D eigenvalue weighted by Crippen LogP contribution is -1.95. The van der Waals surface area contributed by atoms with Crippen molar-refractivity contribution in [1.29, 1.82) is 0 Å². The van der Waals surface area contributed by atoms with Crippen molar-refractivity contribution in [2.45, 2.75) is 19.3 Å². The second-order valence-electron chi connectivity index (χ2n) is 3.75. The van der Waals surface area contributed by atoms with E-state index < -0.39 is 5.97 Å². The van der Waals surface area contributed by atoms with Gasteiger partial charge in [-0.15, -0.1) is 0 Å². The van der Waals surface area contributed by atoms with E-state index in [0.717, 1.165) is 5.92 Å². The van der Waals surface area contributed by atoms with E-state index in [4.69, 9.17) is 5.11 Å². The number of benzene rings is 1. The fraction of sp³-hybridized carbons (Fsp3) is 0.364. The van der Waals surface area contributed by atoms with Crippen LogP contribution in [0.2, 0.25) is 0 Å². The van der Waals surface area contributed by atoms with Crippen LogP contribution in [0.5, 0.6) is 0 Å². The number of carboxylic acid groups (broad SMARTS) is 1. The molecule has 68 valence electrons. The predicted octanol–water partition coefficient (Wildman–Crippen LogP) is 2.51. The second-order valence-corrected chi connectivity index (χ2v) is 3.75. The van der Waals surface area contributed by atoms with E-state index in [-0.39, 0.29) is 0 Å². The lowest BCUT2D eigenvalue weighted by Gasteiger charge is -1.98. The molecule has 2 rings (SSSR count). The molecule has 2 atom stereocenters. The van der Waals surface area contributed by atoms with Gasteiger partial charge >= 0.3 is 5.97 Å². The first kappa shape index (κ1) is 8.30. The molecule has 0 spiro atoms. The van der Waals surface area contributed by atoms with Crippen LogP contribution >= 0.6 is 0 Å². The Hall–Kier alpha value is -1.31. The highest BCUT2D eigenvalue weighted by atomic mass is 16.4. The number of hydrogen-bond donors (Lipinski definition) is 1.